The summed E-state index contributed by atoms with van der Waals surface area (Å²) in [6.45, 7) is 0.491. The summed E-state index contributed by atoms with van der Waals surface area (Å²) in [5.74, 6) is 0.723. The van der Waals surface area contributed by atoms with E-state index in [9.17, 15) is 23.3 Å². The van der Waals surface area contributed by atoms with Gasteiger partial charge in [-0.15, -0.1) is 0 Å². The van der Waals surface area contributed by atoms with Crippen molar-refractivity contribution in [3.63, 3.8) is 0 Å². The van der Waals surface area contributed by atoms with Crippen LogP contribution in [0.5, 0.6) is 17.2 Å². The van der Waals surface area contributed by atoms with E-state index >= 15 is 0 Å². The first-order valence-electron chi connectivity index (χ1n) is 13.5. The van der Waals surface area contributed by atoms with Crippen LogP contribution in [-0.2, 0) is 32.6 Å². The van der Waals surface area contributed by atoms with Gasteiger partial charge in [-0.2, -0.15) is 4.72 Å². The fraction of sp³-hybridized carbons (Fsp3) is 0.194. The standard InChI is InChI=1S/C31H26Cl2N2O9S/c1-41-31(36)27(34-45(39,40)24-9-7-22(8-10-24)35(37)38)14-19-6-12-28-29(15-19)43-18-30(44-28)21-3-2-4-23(16-21)42-17-20-5-11-25(32)26(33)13-20/h2-13,15-16,27,30,34H,14,17-18H2,1H3/t27-,30+/m0/s1. The summed E-state index contributed by atoms with van der Waals surface area (Å²) in [6.07, 6.45) is -0.481. The predicted octanol–water partition coefficient (Wildman–Crippen LogP) is 6.06. The van der Waals surface area contributed by atoms with E-state index in [-0.39, 0.29) is 23.6 Å². The molecule has 1 heterocycles. The number of esters is 1. The molecule has 4 aromatic rings. The Kier molecular flexibility index (Phi) is 9.78. The van der Waals surface area contributed by atoms with Crippen LogP contribution in [0.2, 0.25) is 10.0 Å². The van der Waals surface area contributed by atoms with Gasteiger partial charge in [0.05, 0.1) is 27.0 Å². The lowest BCUT2D eigenvalue weighted by molar-refractivity contribution is -0.384. The van der Waals surface area contributed by atoms with Crippen molar-refractivity contribution in [2.45, 2.75) is 30.1 Å². The quantitative estimate of drug-likeness (QED) is 0.114. The smallest absolute Gasteiger partial charge is 0.324 e. The maximum Gasteiger partial charge on any atom is 0.324 e. The van der Waals surface area contributed by atoms with Crippen molar-refractivity contribution >= 4 is 44.9 Å². The minimum absolute atomic E-state index is 0.0584. The summed E-state index contributed by atoms with van der Waals surface area (Å²) in [4.78, 5) is 22.6. The second-order valence-electron chi connectivity index (χ2n) is 9.96. The Morgan fingerprint density at radius 2 is 1.76 bits per heavy atom. The highest BCUT2D eigenvalue weighted by Gasteiger charge is 2.29. The van der Waals surface area contributed by atoms with Gasteiger partial charge < -0.3 is 18.9 Å². The van der Waals surface area contributed by atoms with Crippen LogP contribution < -0.4 is 18.9 Å². The van der Waals surface area contributed by atoms with Gasteiger partial charge in [0, 0.05) is 12.1 Å². The van der Waals surface area contributed by atoms with Crippen LogP contribution in [0.15, 0.2) is 89.8 Å². The molecule has 0 aliphatic carbocycles. The van der Waals surface area contributed by atoms with Crippen LogP contribution in [-0.4, -0.2) is 39.1 Å². The molecule has 0 saturated heterocycles. The number of sulfonamides is 1. The second-order valence-corrected chi connectivity index (χ2v) is 12.5. The third-order valence-corrected chi connectivity index (χ3v) is 9.09. The Hall–Kier alpha value is -4.36. The number of halogens is 2. The first-order chi connectivity index (χ1) is 21.5. The van der Waals surface area contributed by atoms with Gasteiger partial charge in [-0.05, 0) is 71.6 Å². The highest BCUT2D eigenvalue weighted by molar-refractivity contribution is 7.89. The van der Waals surface area contributed by atoms with E-state index < -0.39 is 33.1 Å². The van der Waals surface area contributed by atoms with E-state index in [0.717, 1.165) is 42.5 Å². The van der Waals surface area contributed by atoms with Crippen LogP contribution in [0.25, 0.3) is 0 Å². The molecule has 0 bridgehead atoms. The summed E-state index contributed by atoms with van der Waals surface area (Å²) in [5.41, 5.74) is 2.02. The van der Waals surface area contributed by atoms with Gasteiger partial charge in [0.1, 0.15) is 25.0 Å². The Balaban J connectivity index is 1.25. The van der Waals surface area contributed by atoms with Crippen molar-refractivity contribution in [2.24, 2.45) is 0 Å². The van der Waals surface area contributed by atoms with Gasteiger partial charge in [-0.3, -0.25) is 14.9 Å². The minimum Gasteiger partial charge on any atom is -0.489 e. The Labute approximate surface area is 268 Å². The van der Waals surface area contributed by atoms with Crippen molar-refractivity contribution in [1.29, 1.82) is 0 Å². The molecular weight excluding hydrogens is 647 g/mol. The fourth-order valence-electron chi connectivity index (χ4n) is 4.56. The Morgan fingerprint density at radius 3 is 2.47 bits per heavy atom. The molecular formula is C31H26Cl2N2O9S. The van der Waals surface area contributed by atoms with Gasteiger partial charge in [0.15, 0.2) is 17.6 Å². The first kappa shape index (κ1) is 32.0. The summed E-state index contributed by atoms with van der Waals surface area (Å²) in [7, 11) is -3.06. The van der Waals surface area contributed by atoms with Gasteiger partial charge in [-0.25, -0.2) is 8.42 Å². The van der Waals surface area contributed by atoms with Crippen molar-refractivity contribution in [1.82, 2.24) is 4.72 Å². The van der Waals surface area contributed by atoms with Crippen LogP contribution in [0.4, 0.5) is 5.69 Å². The number of nitrogens with zero attached hydrogens (tertiary/aromatic N) is 1. The SMILES string of the molecule is COC(=O)[C@H](Cc1ccc2c(c1)OC[C@H](c1cccc(OCc3ccc(Cl)c(Cl)c3)c1)O2)NS(=O)(=O)c1ccc([N+](=O)[O-])cc1. The number of hydrogen-bond acceptors (Lipinski definition) is 9. The van der Waals surface area contributed by atoms with Crippen LogP contribution in [0, 0.1) is 10.1 Å². The number of benzene rings is 4. The van der Waals surface area contributed by atoms with Gasteiger partial charge in [0.25, 0.3) is 5.69 Å². The molecule has 0 saturated carbocycles. The van der Waals surface area contributed by atoms with Crippen molar-refractivity contribution in [3.8, 4) is 17.2 Å². The number of nitro groups is 1. The number of ether oxygens (including phenoxy) is 4. The Morgan fingerprint density at radius 1 is 1.00 bits per heavy atom. The molecule has 0 fully saturated rings. The van der Waals surface area contributed by atoms with Crippen molar-refractivity contribution < 1.29 is 37.1 Å². The van der Waals surface area contributed by atoms with Crippen molar-refractivity contribution in [3.05, 3.63) is 122 Å². The number of carbonyl (C=O) groups is 1. The van der Waals surface area contributed by atoms with E-state index in [0.29, 0.717) is 39.5 Å². The third-order valence-electron chi connectivity index (χ3n) is 6.87. The number of carbonyl (C=O) groups excluding carboxylic acids is 1. The molecule has 2 atom stereocenters. The van der Waals surface area contributed by atoms with Crippen LogP contribution in [0.1, 0.15) is 22.8 Å². The Bertz CT molecular complexity index is 1840. The zero-order chi connectivity index (χ0) is 32.1. The van der Waals surface area contributed by atoms with Crippen molar-refractivity contribution in [2.75, 3.05) is 13.7 Å². The molecule has 0 unspecified atom stereocenters. The summed E-state index contributed by atoms with van der Waals surface area (Å²) >= 11 is 12.1. The number of nitrogens with one attached hydrogen (secondary N) is 1. The molecule has 5 rings (SSSR count). The van der Waals surface area contributed by atoms with Crippen LogP contribution >= 0.6 is 23.2 Å². The zero-order valence-corrected chi connectivity index (χ0v) is 26.0. The van der Waals surface area contributed by atoms with Gasteiger partial charge in [-0.1, -0.05) is 47.5 Å². The monoisotopic (exact) mass is 672 g/mol. The molecule has 0 radical (unpaired) electrons. The molecule has 11 nitrogen and oxygen atoms in total. The lowest BCUT2D eigenvalue weighted by atomic mass is 10.0. The van der Waals surface area contributed by atoms with Gasteiger partial charge in [0.2, 0.25) is 10.0 Å². The minimum atomic E-state index is -4.21. The first-order valence-corrected chi connectivity index (χ1v) is 15.7. The normalized spacial score (nSPS) is 14.8. The lowest BCUT2D eigenvalue weighted by Crippen LogP contribution is -2.43. The van der Waals surface area contributed by atoms with E-state index in [1.165, 1.54) is 0 Å². The number of hydrogen-bond donors (Lipinski definition) is 1. The van der Waals surface area contributed by atoms with Crippen LogP contribution in [0.3, 0.4) is 0 Å². The molecule has 1 aliphatic heterocycles. The summed E-state index contributed by atoms with van der Waals surface area (Å²) in [6, 6.07) is 20.8. The maximum atomic E-state index is 12.9. The summed E-state index contributed by atoms with van der Waals surface area (Å²) in [5, 5.41) is 11.8. The molecule has 234 valence electrons. The average molecular weight is 674 g/mol. The molecule has 4 aromatic carbocycles. The van der Waals surface area contributed by atoms with E-state index in [4.69, 9.17) is 42.1 Å². The fourth-order valence-corrected chi connectivity index (χ4v) is 6.07. The van der Waals surface area contributed by atoms with E-state index in [1.807, 2.05) is 30.3 Å². The lowest BCUT2D eigenvalue weighted by Gasteiger charge is -2.27. The highest BCUT2D eigenvalue weighted by atomic mass is 35.5. The number of fused-ring (bicyclic) bond motifs is 1. The number of methoxy groups -OCH3 is 1. The zero-order valence-electron chi connectivity index (χ0n) is 23.6. The molecule has 1 aliphatic rings. The maximum absolute atomic E-state index is 12.9. The molecule has 0 amide bonds. The molecule has 0 aromatic heterocycles. The second kappa shape index (κ2) is 13.7. The average Bonchev–Trinajstić information content (AvgIpc) is 3.04. The number of nitro benzene ring substituents is 1. The highest BCUT2D eigenvalue weighted by Crippen LogP contribution is 2.38. The van der Waals surface area contributed by atoms with E-state index in [2.05, 4.69) is 4.72 Å². The molecule has 45 heavy (non-hydrogen) atoms. The molecule has 0 spiro atoms. The predicted molar refractivity (Wildman–Crippen MR) is 165 cm³/mol. The van der Waals surface area contributed by atoms with Gasteiger partial charge >= 0.3 is 5.97 Å². The molecule has 1 N–H and O–H groups in total. The third kappa shape index (κ3) is 7.84. The molecule has 14 heteroatoms. The number of rotatable bonds is 11. The number of non-ortho nitro benzene ring substituents is 1. The largest absolute Gasteiger partial charge is 0.489 e. The summed E-state index contributed by atoms with van der Waals surface area (Å²) < 4.78 is 51.2. The van der Waals surface area contributed by atoms with E-state index in [1.54, 1.807) is 30.3 Å². The topological polar surface area (TPSA) is 143 Å².